The normalized spacial score (nSPS) is 17.5. The predicted molar refractivity (Wildman–Crippen MR) is 133 cm³/mol. The largest absolute Gasteiger partial charge is 0.573 e. The van der Waals surface area contributed by atoms with E-state index in [0.29, 0.717) is 38.0 Å². The summed E-state index contributed by atoms with van der Waals surface area (Å²) in [6.45, 7) is 3.46. The Bertz CT molecular complexity index is 1230. The van der Waals surface area contributed by atoms with Gasteiger partial charge in [-0.1, -0.05) is 12.1 Å². The van der Waals surface area contributed by atoms with Crippen molar-refractivity contribution in [3.63, 3.8) is 0 Å². The molecule has 39 heavy (non-hydrogen) atoms. The predicted octanol–water partition coefficient (Wildman–Crippen LogP) is 4.96. The Balaban J connectivity index is 0.996. The number of hydrogen-bond acceptors (Lipinski definition) is 8. The molecule has 208 valence electrons. The summed E-state index contributed by atoms with van der Waals surface area (Å²) in [5.41, 5.74) is 1.89. The van der Waals surface area contributed by atoms with Gasteiger partial charge in [-0.25, -0.2) is 0 Å². The molecule has 2 aromatic carbocycles. The topological polar surface area (TPSA) is 101 Å². The molecule has 5 rings (SSSR count). The molecule has 1 aromatic heterocycles. The highest BCUT2D eigenvalue weighted by atomic mass is 19.4. The molecule has 1 saturated heterocycles. The smallest absolute Gasteiger partial charge is 0.490 e. The fraction of sp³-hybridized carbons (Fsp3) is 0.423. The van der Waals surface area contributed by atoms with Gasteiger partial charge < -0.3 is 34.0 Å². The van der Waals surface area contributed by atoms with Crippen LogP contribution in [0.4, 0.5) is 24.7 Å². The number of anilines is 1. The molecule has 1 unspecified atom stereocenters. The Morgan fingerprint density at radius 2 is 1.72 bits per heavy atom. The number of ether oxygens (including phenoxy) is 4. The van der Waals surface area contributed by atoms with Crippen molar-refractivity contribution in [2.75, 3.05) is 31.2 Å². The van der Waals surface area contributed by atoms with Crippen molar-refractivity contribution in [3.8, 4) is 17.5 Å². The van der Waals surface area contributed by atoms with Crippen molar-refractivity contribution in [1.82, 2.24) is 9.55 Å². The zero-order valence-electron chi connectivity index (χ0n) is 20.9. The van der Waals surface area contributed by atoms with Crippen LogP contribution in [0.15, 0.2) is 54.7 Å². The number of piperidine rings is 1. The minimum Gasteiger partial charge on any atom is -0.490 e. The van der Waals surface area contributed by atoms with Crippen LogP contribution in [-0.4, -0.2) is 53.2 Å². The van der Waals surface area contributed by atoms with E-state index in [0.717, 1.165) is 37.2 Å². The van der Waals surface area contributed by atoms with Crippen molar-refractivity contribution in [1.29, 1.82) is 0 Å². The van der Waals surface area contributed by atoms with Gasteiger partial charge in [0.05, 0.1) is 13.2 Å². The first-order valence-corrected chi connectivity index (χ1v) is 12.5. The number of fused-ring (bicyclic) bond motifs is 1. The van der Waals surface area contributed by atoms with Crippen LogP contribution in [-0.2, 0) is 17.9 Å². The van der Waals surface area contributed by atoms with Crippen molar-refractivity contribution in [2.24, 2.45) is 5.92 Å². The van der Waals surface area contributed by atoms with Crippen LogP contribution in [0, 0.1) is 16.0 Å². The quantitative estimate of drug-likeness (QED) is 0.259. The summed E-state index contributed by atoms with van der Waals surface area (Å²) in [6, 6.07) is 13.8. The maximum absolute atomic E-state index is 12.3. The van der Waals surface area contributed by atoms with Gasteiger partial charge in [-0.15, -0.1) is 13.2 Å². The molecule has 0 amide bonds. The number of benzene rings is 2. The second-order valence-corrected chi connectivity index (χ2v) is 9.47. The molecule has 0 bridgehead atoms. The summed E-state index contributed by atoms with van der Waals surface area (Å²) < 4.78 is 59.6. The fourth-order valence-corrected chi connectivity index (χ4v) is 4.62. The van der Waals surface area contributed by atoms with Gasteiger partial charge in [-0.2, -0.15) is 0 Å². The lowest BCUT2D eigenvalue weighted by molar-refractivity contribution is -0.389. The molecule has 1 atom stereocenters. The lowest BCUT2D eigenvalue weighted by atomic mass is 9.97. The van der Waals surface area contributed by atoms with Crippen molar-refractivity contribution < 1.29 is 37.0 Å². The zero-order valence-corrected chi connectivity index (χ0v) is 20.9. The first-order chi connectivity index (χ1) is 18.7. The van der Waals surface area contributed by atoms with E-state index in [1.165, 1.54) is 18.3 Å². The SMILES string of the molecule is O=[N+]([O-])c1cn2c(n1)OC(COc1ccc(N3CCC(COCc4ccc(OC(F)(F)F)cc4)CC3)cc1)C2. The third-order valence-corrected chi connectivity index (χ3v) is 6.62. The van der Waals surface area contributed by atoms with Crippen LogP contribution >= 0.6 is 0 Å². The van der Waals surface area contributed by atoms with E-state index in [4.69, 9.17) is 14.2 Å². The van der Waals surface area contributed by atoms with Gasteiger partial charge in [-0.05, 0) is 65.6 Å². The van der Waals surface area contributed by atoms with Crippen molar-refractivity contribution in [3.05, 3.63) is 70.4 Å². The van der Waals surface area contributed by atoms with E-state index >= 15 is 0 Å². The fourth-order valence-electron chi connectivity index (χ4n) is 4.62. The van der Waals surface area contributed by atoms with Gasteiger partial charge in [0, 0.05) is 30.4 Å². The van der Waals surface area contributed by atoms with Gasteiger partial charge in [0.2, 0.25) is 0 Å². The molecule has 0 saturated carbocycles. The maximum Gasteiger partial charge on any atom is 0.573 e. The number of halogens is 3. The molecule has 10 nitrogen and oxygen atoms in total. The number of hydrogen-bond donors (Lipinski definition) is 0. The summed E-state index contributed by atoms with van der Waals surface area (Å²) in [5.74, 6) is 0.645. The van der Waals surface area contributed by atoms with Gasteiger partial charge >= 0.3 is 18.2 Å². The number of nitrogens with zero attached hydrogens (tertiary/aromatic N) is 4. The molecule has 0 radical (unpaired) electrons. The van der Waals surface area contributed by atoms with E-state index in [1.54, 1.807) is 16.7 Å². The van der Waals surface area contributed by atoms with E-state index in [2.05, 4.69) is 14.6 Å². The second kappa shape index (κ2) is 11.4. The van der Waals surface area contributed by atoms with Crippen LogP contribution in [0.2, 0.25) is 0 Å². The first-order valence-electron chi connectivity index (χ1n) is 12.5. The number of aromatic nitrogens is 2. The Morgan fingerprint density at radius 3 is 2.36 bits per heavy atom. The maximum atomic E-state index is 12.3. The van der Waals surface area contributed by atoms with E-state index in [-0.39, 0.29) is 23.7 Å². The van der Waals surface area contributed by atoms with Crippen LogP contribution in [0.1, 0.15) is 18.4 Å². The molecule has 13 heteroatoms. The van der Waals surface area contributed by atoms with E-state index in [1.807, 2.05) is 24.3 Å². The third-order valence-electron chi connectivity index (χ3n) is 6.62. The number of rotatable bonds is 10. The molecular formula is C26H27F3N4O6. The van der Waals surface area contributed by atoms with Crippen LogP contribution in [0.5, 0.6) is 17.5 Å². The molecule has 2 aliphatic heterocycles. The minimum absolute atomic E-state index is 0.230. The van der Waals surface area contributed by atoms with E-state index in [9.17, 15) is 23.3 Å². The van der Waals surface area contributed by atoms with E-state index < -0.39 is 11.3 Å². The molecule has 2 aliphatic rings. The lowest BCUT2D eigenvalue weighted by Crippen LogP contribution is -2.35. The molecule has 0 aliphatic carbocycles. The van der Waals surface area contributed by atoms with Gasteiger partial charge in [0.25, 0.3) is 0 Å². The Hall–Kier alpha value is -4.00. The zero-order chi connectivity index (χ0) is 27.4. The Morgan fingerprint density at radius 1 is 1.03 bits per heavy atom. The standard InChI is InChI=1S/C26H27F3N4O6/c27-26(28,29)39-22-5-1-18(2-6-22)15-36-16-19-9-11-31(12-10-19)20-3-7-21(8-4-20)37-17-23-13-32-14-24(33(34)35)30-25(32)38-23/h1-8,14,19,23H,9-13,15-17H2. The Kier molecular flexibility index (Phi) is 7.77. The lowest BCUT2D eigenvalue weighted by Gasteiger charge is -2.33. The monoisotopic (exact) mass is 548 g/mol. The minimum atomic E-state index is -4.70. The summed E-state index contributed by atoms with van der Waals surface area (Å²) >= 11 is 0. The second-order valence-electron chi connectivity index (χ2n) is 9.47. The average Bonchev–Trinajstić information content (AvgIpc) is 3.48. The van der Waals surface area contributed by atoms with Crippen LogP contribution in [0.25, 0.3) is 0 Å². The highest BCUT2D eigenvalue weighted by Crippen LogP contribution is 2.28. The molecule has 0 N–H and O–H groups in total. The Labute approximate surface area is 222 Å². The average molecular weight is 549 g/mol. The highest BCUT2D eigenvalue weighted by Gasteiger charge is 2.32. The molecule has 0 spiro atoms. The number of imidazole rings is 1. The first kappa shape index (κ1) is 26.6. The highest BCUT2D eigenvalue weighted by molar-refractivity contribution is 5.49. The molecular weight excluding hydrogens is 521 g/mol. The van der Waals surface area contributed by atoms with Crippen LogP contribution < -0.4 is 19.1 Å². The summed E-state index contributed by atoms with van der Waals surface area (Å²) in [5, 5.41) is 10.8. The molecule has 3 heterocycles. The summed E-state index contributed by atoms with van der Waals surface area (Å²) in [7, 11) is 0. The van der Waals surface area contributed by atoms with Crippen molar-refractivity contribution in [2.45, 2.75) is 38.5 Å². The molecule has 1 fully saturated rings. The summed E-state index contributed by atoms with van der Waals surface area (Å²) in [4.78, 5) is 16.4. The molecule has 3 aromatic rings. The third kappa shape index (κ3) is 7.11. The van der Waals surface area contributed by atoms with Crippen molar-refractivity contribution >= 4 is 11.5 Å². The number of alkyl halides is 3. The van der Waals surface area contributed by atoms with Gasteiger partial charge in [0.1, 0.15) is 24.3 Å². The number of nitro groups is 1. The van der Waals surface area contributed by atoms with Gasteiger partial charge in [-0.3, -0.25) is 4.57 Å². The summed E-state index contributed by atoms with van der Waals surface area (Å²) in [6.07, 6.45) is -1.66. The van der Waals surface area contributed by atoms with Crippen LogP contribution in [0.3, 0.4) is 0 Å². The van der Waals surface area contributed by atoms with Gasteiger partial charge in [0.15, 0.2) is 6.10 Å².